The van der Waals surface area contributed by atoms with Crippen molar-refractivity contribution in [2.45, 2.75) is 44.1 Å². The van der Waals surface area contributed by atoms with Crippen LogP contribution in [0.5, 0.6) is 5.88 Å². The van der Waals surface area contributed by atoms with Gasteiger partial charge in [0.2, 0.25) is 5.88 Å². The van der Waals surface area contributed by atoms with Crippen molar-refractivity contribution < 1.29 is 32.2 Å². The molecule has 2 saturated heterocycles. The molecule has 7 nitrogen and oxygen atoms in total. The number of cyclic esters (lactones) is 1. The van der Waals surface area contributed by atoms with Crippen molar-refractivity contribution in [3.05, 3.63) is 59.8 Å². The van der Waals surface area contributed by atoms with Gasteiger partial charge in [-0.1, -0.05) is 30.3 Å². The lowest BCUT2D eigenvalue weighted by Crippen LogP contribution is -2.49. The maximum atomic E-state index is 12.8. The molecule has 0 N–H and O–H groups in total. The molecule has 0 aliphatic carbocycles. The summed E-state index contributed by atoms with van der Waals surface area (Å²) in [4.78, 5) is 32.6. The highest BCUT2D eigenvalue weighted by Gasteiger charge is 2.44. The van der Waals surface area contributed by atoms with Crippen molar-refractivity contribution in [1.29, 1.82) is 0 Å². The highest BCUT2D eigenvalue weighted by atomic mass is 19.4. The standard InChI is InChI=1S/C23H24F3N3O4/c1-15-20(16-5-3-2-4-6-16)33-22(31)29(15)18-9-11-28(12-10-18)21(30)17-7-8-19(27-13-17)32-14-23(24,25)26/h2-8,13,15,18,20H,9-12,14H2,1H3. The van der Waals surface area contributed by atoms with Gasteiger partial charge in [0, 0.05) is 31.4 Å². The third kappa shape index (κ3) is 5.20. The topological polar surface area (TPSA) is 72.0 Å². The third-order valence-electron chi connectivity index (χ3n) is 5.96. The van der Waals surface area contributed by atoms with Gasteiger partial charge in [-0.2, -0.15) is 13.2 Å². The molecule has 176 valence electrons. The van der Waals surface area contributed by atoms with E-state index in [0.717, 1.165) is 5.56 Å². The summed E-state index contributed by atoms with van der Waals surface area (Å²) in [6, 6.07) is 12.1. The summed E-state index contributed by atoms with van der Waals surface area (Å²) in [5.74, 6) is -0.459. The van der Waals surface area contributed by atoms with Gasteiger partial charge in [0.1, 0.15) is 6.10 Å². The summed E-state index contributed by atoms with van der Waals surface area (Å²) in [6.07, 6.45) is -2.71. The number of halogens is 3. The van der Waals surface area contributed by atoms with Crippen LogP contribution in [0.25, 0.3) is 0 Å². The quantitative estimate of drug-likeness (QED) is 0.664. The van der Waals surface area contributed by atoms with Gasteiger partial charge in [-0.15, -0.1) is 0 Å². The maximum absolute atomic E-state index is 12.8. The summed E-state index contributed by atoms with van der Waals surface area (Å²) in [5, 5.41) is 0. The Morgan fingerprint density at radius 3 is 2.45 bits per heavy atom. The second kappa shape index (κ2) is 9.29. The first-order valence-electron chi connectivity index (χ1n) is 10.7. The van der Waals surface area contributed by atoms with E-state index in [1.165, 1.54) is 18.3 Å². The number of hydrogen-bond acceptors (Lipinski definition) is 5. The number of pyridine rings is 1. The van der Waals surface area contributed by atoms with Crippen molar-refractivity contribution in [1.82, 2.24) is 14.8 Å². The Balaban J connectivity index is 1.33. The molecule has 3 heterocycles. The molecule has 10 heteroatoms. The van der Waals surface area contributed by atoms with Crippen LogP contribution in [0.1, 0.15) is 41.8 Å². The van der Waals surface area contributed by atoms with Gasteiger partial charge < -0.3 is 14.4 Å². The van der Waals surface area contributed by atoms with Gasteiger partial charge in [0.05, 0.1) is 11.6 Å². The summed E-state index contributed by atoms with van der Waals surface area (Å²) in [6.45, 7) is 1.42. The van der Waals surface area contributed by atoms with Gasteiger partial charge in [-0.25, -0.2) is 9.78 Å². The second-order valence-corrected chi connectivity index (χ2v) is 8.18. The molecule has 2 aliphatic heterocycles. The van der Waals surface area contributed by atoms with Gasteiger partial charge in [-0.3, -0.25) is 9.69 Å². The predicted octanol–water partition coefficient (Wildman–Crippen LogP) is 4.21. The van der Waals surface area contributed by atoms with E-state index in [1.54, 1.807) is 9.80 Å². The monoisotopic (exact) mass is 463 g/mol. The van der Waals surface area contributed by atoms with Crippen LogP contribution in [0.3, 0.4) is 0 Å². The number of ether oxygens (including phenoxy) is 2. The summed E-state index contributed by atoms with van der Waals surface area (Å²) in [7, 11) is 0. The fourth-order valence-corrected chi connectivity index (χ4v) is 4.33. The molecule has 2 unspecified atom stereocenters. The zero-order chi connectivity index (χ0) is 23.6. The van der Waals surface area contributed by atoms with Gasteiger partial charge in [0.15, 0.2) is 6.61 Å². The predicted molar refractivity (Wildman–Crippen MR) is 112 cm³/mol. The minimum absolute atomic E-state index is 0.0402. The van der Waals surface area contributed by atoms with Crippen LogP contribution in [0.4, 0.5) is 18.0 Å². The zero-order valence-corrected chi connectivity index (χ0v) is 18.0. The summed E-state index contributed by atoms with van der Waals surface area (Å²) < 4.78 is 46.9. The SMILES string of the molecule is CC1C(c2ccccc2)OC(=O)N1C1CCN(C(=O)c2ccc(OCC(F)(F)F)nc2)CC1. The van der Waals surface area contributed by atoms with Crippen molar-refractivity contribution in [3.8, 4) is 5.88 Å². The lowest BCUT2D eigenvalue weighted by atomic mass is 9.98. The smallest absolute Gasteiger partial charge is 0.422 e. The highest BCUT2D eigenvalue weighted by Crippen LogP contribution is 2.35. The van der Waals surface area contributed by atoms with Crippen LogP contribution in [-0.4, -0.2) is 64.7 Å². The van der Waals surface area contributed by atoms with E-state index in [-0.39, 0.29) is 41.6 Å². The Hall–Kier alpha value is -3.30. The van der Waals surface area contributed by atoms with E-state index in [2.05, 4.69) is 9.72 Å². The van der Waals surface area contributed by atoms with Crippen LogP contribution in [0, 0.1) is 0 Å². The Kier molecular flexibility index (Phi) is 6.44. The molecule has 33 heavy (non-hydrogen) atoms. The Morgan fingerprint density at radius 1 is 1.15 bits per heavy atom. The molecule has 2 aromatic rings. The number of alkyl halides is 3. The first-order chi connectivity index (χ1) is 15.7. The van der Waals surface area contributed by atoms with Crippen molar-refractivity contribution >= 4 is 12.0 Å². The molecule has 2 amide bonds. The second-order valence-electron chi connectivity index (χ2n) is 8.18. The minimum atomic E-state index is -4.46. The van der Waals surface area contributed by atoms with E-state index in [0.29, 0.717) is 25.9 Å². The number of hydrogen-bond donors (Lipinski definition) is 0. The van der Waals surface area contributed by atoms with Crippen LogP contribution >= 0.6 is 0 Å². The highest BCUT2D eigenvalue weighted by molar-refractivity contribution is 5.94. The van der Waals surface area contributed by atoms with E-state index >= 15 is 0 Å². The van der Waals surface area contributed by atoms with Crippen molar-refractivity contribution in [3.63, 3.8) is 0 Å². The molecular weight excluding hydrogens is 439 g/mol. The number of likely N-dealkylation sites (tertiary alicyclic amines) is 1. The van der Waals surface area contributed by atoms with E-state index < -0.39 is 12.8 Å². The lowest BCUT2D eigenvalue weighted by molar-refractivity contribution is -0.154. The molecular formula is C23H24F3N3O4. The number of piperidine rings is 1. The third-order valence-corrected chi connectivity index (χ3v) is 5.96. The van der Waals surface area contributed by atoms with Crippen LogP contribution in [0.15, 0.2) is 48.7 Å². The van der Waals surface area contributed by atoms with E-state index in [9.17, 15) is 22.8 Å². The van der Waals surface area contributed by atoms with Crippen molar-refractivity contribution in [2.24, 2.45) is 0 Å². The van der Waals surface area contributed by atoms with Gasteiger partial charge in [0.25, 0.3) is 5.91 Å². The molecule has 4 rings (SSSR count). The van der Waals surface area contributed by atoms with Gasteiger partial charge >= 0.3 is 12.3 Å². The van der Waals surface area contributed by atoms with E-state index in [4.69, 9.17) is 4.74 Å². The Labute approximate surface area is 189 Å². The van der Waals surface area contributed by atoms with Gasteiger partial charge in [-0.05, 0) is 31.4 Å². The maximum Gasteiger partial charge on any atom is 0.422 e. The average Bonchev–Trinajstić information content (AvgIpc) is 3.11. The Bertz CT molecular complexity index is 977. The molecule has 2 atom stereocenters. The molecule has 0 saturated carbocycles. The number of carbonyl (C=O) groups is 2. The number of nitrogens with zero attached hydrogens (tertiary/aromatic N) is 3. The first-order valence-corrected chi connectivity index (χ1v) is 10.7. The number of rotatable bonds is 5. The molecule has 2 fully saturated rings. The minimum Gasteiger partial charge on any atom is -0.468 e. The number of carbonyl (C=O) groups excluding carboxylic acids is 2. The fourth-order valence-electron chi connectivity index (χ4n) is 4.33. The molecule has 2 aliphatic rings. The first kappa shape index (κ1) is 22.9. The fraction of sp³-hybridized carbons (Fsp3) is 0.435. The number of aromatic nitrogens is 1. The van der Waals surface area contributed by atoms with Crippen molar-refractivity contribution in [2.75, 3.05) is 19.7 Å². The normalized spacial score (nSPS) is 21.8. The number of amides is 2. The molecule has 0 bridgehead atoms. The lowest BCUT2D eigenvalue weighted by Gasteiger charge is -2.37. The Morgan fingerprint density at radius 2 is 1.85 bits per heavy atom. The zero-order valence-electron chi connectivity index (χ0n) is 18.0. The summed E-state index contributed by atoms with van der Waals surface area (Å²) in [5.41, 5.74) is 1.22. The molecule has 1 aromatic carbocycles. The molecule has 1 aromatic heterocycles. The average molecular weight is 463 g/mol. The largest absolute Gasteiger partial charge is 0.468 e. The van der Waals surface area contributed by atoms with Crippen LogP contribution < -0.4 is 4.74 Å². The molecule has 0 radical (unpaired) electrons. The van der Waals surface area contributed by atoms with Crippen LogP contribution in [-0.2, 0) is 4.74 Å². The van der Waals surface area contributed by atoms with E-state index in [1.807, 2.05) is 37.3 Å². The molecule has 0 spiro atoms. The summed E-state index contributed by atoms with van der Waals surface area (Å²) >= 11 is 0. The van der Waals surface area contributed by atoms with Crippen LogP contribution in [0.2, 0.25) is 0 Å². The number of benzene rings is 1.